The minimum absolute atomic E-state index is 0.0155. The van der Waals surface area contributed by atoms with Gasteiger partial charge in [-0.1, -0.05) is 37.3 Å². The number of hydrogen-bond acceptors (Lipinski definition) is 3. The summed E-state index contributed by atoms with van der Waals surface area (Å²) in [6, 6.07) is 8.96. The molecule has 2 amide bonds. The van der Waals surface area contributed by atoms with Gasteiger partial charge in [0.25, 0.3) is 0 Å². The lowest BCUT2D eigenvalue weighted by molar-refractivity contribution is -0.131. The number of alkyl carbamates (subject to hydrolysis) is 1. The molecule has 2 rings (SSSR count). The van der Waals surface area contributed by atoms with Crippen LogP contribution in [0.25, 0.3) is 0 Å². The summed E-state index contributed by atoms with van der Waals surface area (Å²) >= 11 is 0. The van der Waals surface area contributed by atoms with Gasteiger partial charge in [-0.3, -0.25) is 4.79 Å². The van der Waals surface area contributed by atoms with Crippen molar-refractivity contribution in [3.05, 3.63) is 35.9 Å². The van der Waals surface area contributed by atoms with Gasteiger partial charge < -0.3 is 15.4 Å². The first-order valence-electron chi connectivity index (χ1n) is 5.98. The van der Waals surface area contributed by atoms with Crippen molar-refractivity contribution >= 4 is 12.0 Å². The average molecular weight is 248 g/mol. The monoisotopic (exact) mass is 248 g/mol. The second-order valence-electron chi connectivity index (χ2n) is 4.21. The number of amides is 2. The summed E-state index contributed by atoms with van der Waals surface area (Å²) in [5.41, 5.74) is 0.915. The Morgan fingerprint density at radius 1 is 1.39 bits per heavy atom. The molecular weight excluding hydrogens is 232 g/mol. The molecule has 1 aliphatic heterocycles. The Kier molecular flexibility index (Phi) is 3.82. The molecule has 0 bridgehead atoms. The Morgan fingerprint density at radius 3 is 2.72 bits per heavy atom. The third kappa shape index (κ3) is 2.80. The van der Waals surface area contributed by atoms with Gasteiger partial charge in [-0.05, 0) is 12.0 Å². The van der Waals surface area contributed by atoms with Crippen molar-refractivity contribution in [3.63, 3.8) is 0 Å². The summed E-state index contributed by atoms with van der Waals surface area (Å²) in [5.74, 6) is -0.154. The van der Waals surface area contributed by atoms with Crippen LogP contribution in [0.1, 0.15) is 18.9 Å². The van der Waals surface area contributed by atoms with Crippen molar-refractivity contribution < 1.29 is 14.3 Å². The van der Waals surface area contributed by atoms with Gasteiger partial charge in [-0.2, -0.15) is 0 Å². The maximum atomic E-state index is 11.5. The number of hydrogen-bond donors (Lipinski definition) is 2. The van der Waals surface area contributed by atoms with Crippen LogP contribution < -0.4 is 10.6 Å². The molecule has 2 N–H and O–H groups in total. The fourth-order valence-electron chi connectivity index (χ4n) is 1.84. The summed E-state index contributed by atoms with van der Waals surface area (Å²) in [6.07, 6.45) is 0.229. The largest absolute Gasteiger partial charge is 0.445 e. The van der Waals surface area contributed by atoms with Gasteiger partial charge in [0, 0.05) is 0 Å². The molecule has 1 fully saturated rings. The number of nitrogens with one attached hydrogen (secondary N) is 2. The second kappa shape index (κ2) is 5.53. The van der Waals surface area contributed by atoms with Crippen molar-refractivity contribution in [2.75, 3.05) is 0 Å². The lowest BCUT2D eigenvalue weighted by atomic mass is 9.97. The first kappa shape index (κ1) is 12.4. The van der Waals surface area contributed by atoms with E-state index in [1.807, 2.05) is 37.3 Å². The molecule has 0 spiro atoms. The second-order valence-corrected chi connectivity index (χ2v) is 4.21. The van der Waals surface area contributed by atoms with Gasteiger partial charge >= 0.3 is 6.09 Å². The molecule has 1 aliphatic rings. The van der Waals surface area contributed by atoms with E-state index in [0.717, 1.165) is 12.0 Å². The van der Waals surface area contributed by atoms with Gasteiger partial charge in [0.15, 0.2) is 0 Å². The Morgan fingerprint density at radius 2 is 2.11 bits per heavy atom. The zero-order chi connectivity index (χ0) is 13.0. The predicted molar refractivity (Wildman–Crippen MR) is 65.8 cm³/mol. The maximum Gasteiger partial charge on any atom is 0.408 e. The summed E-state index contributed by atoms with van der Waals surface area (Å²) in [7, 11) is 0. The van der Waals surface area contributed by atoms with E-state index in [2.05, 4.69) is 10.6 Å². The fourth-order valence-corrected chi connectivity index (χ4v) is 1.84. The number of carbonyl (C=O) groups excluding carboxylic acids is 2. The highest BCUT2D eigenvalue weighted by atomic mass is 16.5. The predicted octanol–water partition coefficient (Wildman–Crippen LogP) is 1.19. The number of benzene rings is 1. The van der Waals surface area contributed by atoms with E-state index < -0.39 is 12.1 Å². The van der Waals surface area contributed by atoms with Crippen LogP contribution in [0.2, 0.25) is 0 Å². The van der Waals surface area contributed by atoms with Crippen molar-refractivity contribution in [2.45, 2.75) is 32.0 Å². The van der Waals surface area contributed by atoms with E-state index in [-0.39, 0.29) is 18.6 Å². The SMILES string of the molecule is CC[C@@H]1NC(=O)[C@H]1NC(=O)OCc1ccccc1. The van der Waals surface area contributed by atoms with Crippen LogP contribution in [-0.2, 0) is 16.1 Å². The Labute approximate surface area is 106 Å². The molecule has 1 heterocycles. The fraction of sp³-hybridized carbons (Fsp3) is 0.385. The van der Waals surface area contributed by atoms with Crippen molar-refractivity contribution in [1.82, 2.24) is 10.6 Å². The minimum Gasteiger partial charge on any atom is -0.445 e. The van der Waals surface area contributed by atoms with Gasteiger partial charge in [0.1, 0.15) is 12.6 Å². The normalized spacial score (nSPS) is 21.7. The minimum atomic E-state index is -0.558. The Balaban J connectivity index is 1.77. The number of rotatable bonds is 4. The van der Waals surface area contributed by atoms with E-state index >= 15 is 0 Å². The molecule has 0 unspecified atom stereocenters. The highest BCUT2D eigenvalue weighted by molar-refractivity contribution is 5.92. The van der Waals surface area contributed by atoms with Crippen LogP contribution in [0.3, 0.4) is 0 Å². The molecule has 5 nitrogen and oxygen atoms in total. The van der Waals surface area contributed by atoms with E-state index in [1.54, 1.807) is 0 Å². The van der Waals surface area contributed by atoms with E-state index in [0.29, 0.717) is 0 Å². The molecule has 5 heteroatoms. The quantitative estimate of drug-likeness (QED) is 0.786. The lowest BCUT2D eigenvalue weighted by Gasteiger charge is -2.36. The molecule has 1 saturated heterocycles. The smallest absolute Gasteiger partial charge is 0.408 e. The number of carbonyl (C=O) groups is 2. The van der Waals surface area contributed by atoms with Crippen LogP contribution in [0, 0.1) is 0 Å². The van der Waals surface area contributed by atoms with Gasteiger partial charge in [-0.25, -0.2) is 4.79 Å². The first-order chi connectivity index (χ1) is 8.70. The molecule has 18 heavy (non-hydrogen) atoms. The highest BCUT2D eigenvalue weighted by Crippen LogP contribution is 2.10. The molecule has 1 aromatic rings. The lowest BCUT2D eigenvalue weighted by Crippen LogP contribution is -2.68. The van der Waals surface area contributed by atoms with Crippen LogP contribution >= 0.6 is 0 Å². The standard InChI is InChI=1S/C13H16N2O3/c1-2-10-11(12(16)14-10)15-13(17)18-8-9-6-4-3-5-7-9/h3-7,10-11H,2,8H2,1H3,(H,14,16)(H,15,17)/t10-,11-/m0/s1. The van der Waals surface area contributed by atoms with Gasteiger partial charge in [0.2, 0.25) is 5.91 Å². The third-order valence-corrected chi connectivity index (χ3v) is 2.94. The zero-order valence-corrected chi connectivity index (χ0v) is 10.2. The molecule has 96 valence electrons. The molecule has 1 aromatic carbocycles. The summed E-state index contributed by atoms with van der Waals surface area (Å²) < 4.78 is 5.05. The zero-order valence-electron chi connectivity index (χ0n) is 10.2. The molecular formula is C13H16N2O3. The van der Waals surface area contributed by atoms with Crippen LogP contribution in [0.4, 0.5) is 4.79 Å². The molecule has 0 saturated carbocycles. The van der Waals surface area contributed by atoms with Crippen LogP contribution in [0.5, 0.6) is 0 Å². The van der Waals surface area contributed by atoms with Crippen LogP contribution in [0.15, 0.2) is 30.3 Å². The topological polar surface area (TPSA) is 67.4 Å². The average Bonchev–Trinajstić information content (AvgIpc) is 2.41. The Bertz CT molecular complexity index is 433. The Hall–Kier alpha value is -2.04. The van der Waals surface area contributed by atoms with Crippen molar-refractivity contribution in [1.29, 1.82) is 0 Å². The van der Waals surface area contributed by atoms with Gasteiger partial charge in [0.05, 0.1) is 6.04 Å². The third-order valence-electron chi connectivity index (χ3n) is 2.94. The highest BCUT2D eigenvalue weighted by Gasteiger charge is 2.39. The maximum absolute atomic E-state index is 11.5. The van der Waals surface area contributed by atoms with Crippen molar-refractivity contribution in [3.8, 4) is 0 Å². The summed E-state index contributed by atoms with van der Waals surface area (Å²) in [4.78, 5) is 22.7. The van der Waals surface area contributed by atoms with Crippen molar-refractivity contribution in [2.24, 2.45) is 0 Å². The van der Waals surface area contributed by atoms with Gasteiger partial charge in [-0.15, -0.1) is 0 Å². The van der Waals surface area contributed by atoms with E-state index in [9.17, 15) is 9.59 Å². The van der Waals surface area contributed by atoms with E-state index in [4.69, 9.17) is 4.74 Å². The summed E-state index contributed by atoms with van der Waals surface area (Å²) in [5, 5.41) is 5.28. The van der Waals surface area contributed by atoms with E-state index in [1.165, 1.54) is 0 Å². The van der Waals surface area contributed by atoms with Crippen LogP contribution in [-0.4, -0.2) is 24.1 Å². The first-order valence-corrected chi connectivity index (χ1v) is 5.98. The molecule has 0 radical (unpaired) electrons. The molecule has 2 atom stereocenters. The summed E-state index contributed by atoms with van der Waals surface area (Å²) in [6.45, 7) is 2.16. The number of β-lactam (4-membered cyclic amide) rings is 1. The number of ether oxygens (including phenoxy) is 1. The molecule has 0 aliphatic carbocycles. The molecule has 0 aromatic heterocycles.